The highest BCUT2D eigenvalue weighted by Gasteiger charge is 2.32. The minimum absolute atomic E-state index is 0.279. The van der Waals surface area contributed by atoms with E-state index in [0.717, 1.165) is 25.2 Å². The first-order valence-electron chi connectivity index (χ1n) is 6.36. The molecular weight excluding hydrogens is 227 g/mol. The zero-order valence-electron chi connectivity index (χ0n) is 11.2. The summed E-state index contributed by atoms with van der Waals surface area (Å²) in [6.45, 7) is 8.64. The standard InChI is InChI=1S/C15H19FN2/c1-15(2,3)12-6-7-18(10-12)14-5-4-13(16)8-11(14)9-17/h4-5,8,12H,6-7,10H2,1-3H3. The fraction of sp³-hybridized carbons (Fsp3) is 0.533. The topological polar surface area (TPSA) is 27.0 Å². The molecule has 0 aliphatic carbocycles. The normalized spacial score (nSPS) is 19.9. The second kappa shape index (κ2) is 4.61. The Bertz CT molecular complexity index is 482. The van der Waals surface area contributed by atoms with Crippen molar-refractivity contribution in [1.29, 1.82) is 5.26 Å². The number of benzene rings is 1. The van der Waals surface area contributed by atoms with E-state index < -0.39 is 0 Å². The molecule has 1 aromatic rings. The van der Waals surface area contributed by atoms with E-state index in [2.05, 4.69) is 31.7 Å². The second-order valence-corrected chi connectivity index (χ2v) is 6.07. The van der Waals surface area contributed by atoms with Crippen molar-refractivity contribution in [3.05, 3.63) is 29.6 Å². The predicted octanol–water partition coefficient (Wildman–Crippen LogP) is 3.57. The van der Waals surface area contributed by atoms with Gasteiger partial charge < -0.3 is 4.90 Å². The summed E-state index contributed by atoms with van der Waals surface area (Å²) in [5.41, 5.74) is 1.58. The Morgan fingerprint density at radius 2 is 2.11 bits per heavy atom. The molecule has 1 atom stereocenters. The summed E-state index contributed by atoms with van der Waals surface area (Å²) in [4.78, 5) is 2.20. The highest BCUT2D eigenvalue weighted by Crippen LogP contribution is 2.36. The summed E-state index contributed by atoms with van der Waals surface area (Å²) in [5.74, 6) is 0.274. The molecule has 18 heavy (non-hydrogen) atoms. The van der Waals surface area contributed by atoms with Crippen LogP contribution in [0.25, 0.3) is 0 Å². The number of anilines is 1. The molecule has 0 spiro atoms. The molecule has 1 saturated heterocycles. The first kappa shape index (κ1) is 12.9. The third kappa shape index (κ3) is 2.48. The summed E-state index contributed by atoms with van der Waals surface area (Å²) in [7, 11) is 0. The molecule has 1 unspecified atom stereocenters. The lowest BCUT2D eigenvalue weighted by atomic mass is 9.80. The lowest BCUT2D eigenvalue weighted by Crippen LogP contribution is -2.26. The first-order valence-corrected chi connectivity index (χ1v) is 6.36. The van der Waals surface area contributed by atoms with E-state index in [1.807, 2.05) is 0 Å². The molecule has 3 heteroatoms. The molecule has 0 aromatic heterocycles. The van der Waals surface area contributed by atoms with Crippen molar-refractivity contribution < 1.29 is 4.39 Å². The Hall–Kier alpha value is -1.56. The van der Waals surface area contributed by atoms with Crippen molar-refractivity contribution in [3.63, 3.8) is 0 Å². The van der Waals surface area contributed by atoms with Gasteiger partial charge in [0, 0.05) is 13.1 Å². The zero-order chi connectivity index (χ0) is 13.3. The molecule has 0 radical (unpaired) electrons. The van der Waals surface area contributed by atoms with Crippen LogP contribution < -0.4 is 4.90 Å². The SMILES string of the molecule is CC(C)(C)C1CCN(c2ccc(F)cc2C#N)C1. The maximum absolute atomic E-state index is 13.1. The van der Waals surface area contributed by atoms with Crippen LogP contribution >= 0.6 is 0 Å². The fourth-order valence-corrected chi connectivity index (χ4v) is 2.56. The van der Waals surface area contributed by atoms with E-state index in [9.17, 15) is 4.39 Å². The van der Waals surface area contributed by atoms with Crippen LogP contribution in [0.15, 0.2) is 18.2 Å². The van der Waals surface area contributed by atoms with Gasteiger partial charge in [0.15, 0.2) is 0 Å². The average Bonchev–Trinajstić information content (AvgIpc) is 2.77. The third-order valence-corrected chi connectivity index (χ3v) is 3.83. The van der Waals surface area contributed by atoms with Gasteiger partial charge in [0.2, 0.25) is 0 Å². The molecule has 1 aliphatic rings. The summed E-state index contributed by atoms with van der Waals surface area (Å²) < 4.78 is 13.1. The average molecular weight is 246 g/mol. The van der Waals surface area contributed by atoms with Gasteiger partial charge in [0.1, 0.15) is 11.9 Å². The maximum atomic E-state index is 13.1. The van der Waals surface area contributed by atoms with Gasteiger partial charge in [-0.15, -0.1) is 0 Å². The van der Waals surface area contributed by atoms with Gasteiger partial charge in [-0.3, -0.25) is 0 Å². The van der Waals surface area contributed by atoms with Crippen LogP contribution in [0.1, 0.15) is 32.8 Å². The van der Waals surface area contributed by atoms with E-state index in [0.29, 0.717) is 11.5 Å². The van der Waals surface area contributed by atoms with Crippen molar-refractivity contribution in [2.45, 2.75) is 27.2 Å². The van der Waals surface area contributed by atoms with E-state index in [4.69, 9.17) is 5.26 Å². The Labute approximate surface area is 108 Å². The smallest absolute Gasteiger partial charge is 0.124 e. The molecule has 2 nitrogen and oxygen atoms in total. The van der Waals surface area contributed by atoms with Gasteiger partial charge in [-0.1, -0.05) is 20.8 Å². The molecule has 1 aromatic carbocycles. The molecule has 0 amide bonds. The Kier molecular flexibility index (Phi) is 3.30. The summed E-state index contributed by atoms with van der Waals surface area (Å²) >= 11 is 0. The van der Waals surface area contributed by atoms with Crippen molar-refractivity contribution in [1.82, 2.24) is 0 Å². The van der Waals surface area contributed by atoms with Gasteiger partial charge in [-0.05, 0) is 36.0 Å². The third-order valence-electron chi connectivity index (χ3n) is 3.83. The number of halogens is 1. The number of nitriles is 1. The van der Waals surface area contributed by atoms with Crippen molar-refractivity contribution >= 4 is 5.69 Å². The van der Waals surface area contributed by atoms with Crippen LogP contribution in [0, 0.1) is 28.5 Å². The summed E-state index contributed by atoms with van der Waals surface area (Å²) in [6.07, 6.45) is 1.13. The maximum Gasteiger partial charge on any atom is 0.124 e. The van der Waals surface area contributed by atoms with Crippen molar-refractivity contribution in [2.75, 3.05) is 18.0 Å². The number of hydrogen-bond acceptors (Lipinski definition) is 2. The molecule has 1 aliphatic heterocycles. The fourth-order valence-electron chi connectivity index (χ4n) is 2.56. The lowest BCUT2D eigenvalue weighted by Gasteiger charge is -2.27. The van der Waals surface area contributed by atoms with Gasteiger partial charge in [-0.25, -0.2) is 4.39 Å². The molecule has 96 valence electrons. The molecule has 0 N–H and O–H groups in total. The van der Waals surface area contributed by atoms with E-state index in [1.54, 1.807) is 6.07 Å². The van der Waals surface area contributed by atoms with E-state index in [-0.39, 0.29) is 11.2 Å². The van der Waals surface area contributed by atoms with E-state index >= 15 is 0 Å². The Morgan fingerprint density at radius 1 is 1.39 bits per heavy atom. The first-order chi connectivity index (χ1) is 8.41. The number of rotatable bonds is 1. The number of nitrogens with zero attached hydrogens (tertiary/aromatic N) is 2. The van der Waals surface area contributed by atoms with Crippen LogP contribution in [0.5, 0.6) is 0 Å². The van der Waals surface area contributed by atoms with Crippen LogP contribution in [0.4, 0.5) is 10.1 Å². The molecule has 1 heterocycles. The lowest BCUT2D eigenvalue weighted by molar-refractivity contribution is 0.263. The number of hydrogen-bond donors (Lipinski definition) is 0. The molecule has 1 fully saturated rings. The Morgan fingerprint density at radius 3 is 2.67 bits per heavy atom. The monoisotopic (exact) mass is 246 g/mol. The van der Waals surface area contributed by atoms with Gasteiger partial charge in [-0.2, -0.15) is 5.26 Å². The largest absolute Gasteiger partial charge is 0.370 e. The highest BCUT2D eigenvalue weighted by molar-refractivity contribution is 5.60. The van der Waals surface area contributed by atoms with Gasteiger partial charge in [0.05, 0.1) is 11.3 Å². The Balaban J connectivity index is 2.23. The van der Waals surface area contributed by atoms with Crippen molar-refractivity contribution in [2.24, 2.45) is 11.3 Å². The van der Waals surface area contributed by atoms with E-state index in [1.165, 1.54) is 12.1 Å². The quantitative estimate of drug-likeness (QED) is 0.757. The van der Waals surface area contributed by atoms with Crippen molar-refractivity contribution in [3.8, 4) is 6.07 Å². The minimum Gasteiger partial charge on any atom is -0.370 e. The van der Waals surface area contributed by atoms with Crippen LogP contribution in [0.2, 0.25) is 0 Å². The molecular formula is C15H19FN2. The zero-order valence-corrected chi connectivity index (χ0v) is 11.2. The second-order valence-electron chi connectivity index (χ2n) is 6.07. The van der Waals surface area contributed by atoms with Crippen LogP contribution in [-0.4, -0.2) is 13.1 Å². The van der Waals surface area contributed by atoms with Gasteiger partial charge >= 0.3 is 0 Å². The van der Waals surface area contributed by atoms with Gasteiger partial charge in [0.25, 0.3) is 0 Å². The molecule has 0 saturated carbocycles. The molecule has 0 bridgehead atoms. The summed E-state index contributed by atoms with van der Waals surface area (Å²) in [6, 6.07) is 6.56. The molecule has 2 rings (SSSR count). The predicted molar refractivity (Wildman–Crippen MR) is 70.9 cm³/mol. The highest BCUT2D eigenvalue weighted by atomic mass is 19.1. The summed E-state index contributed by atoms with van der Waals surface area (Å²) in [5, 5.41) is 9.09. The van der Waals surface area contributed by atoms with Crippen LogP contribution in [-0.2, 0) is 0 Å². The van der Waals surface area contributed by atoms with Crippen LogP contribution in [0.3, 0.4) is 0 Å². The minimum atomic E-state index is -0.345.